The first-order chi connectivity index (χ1) is 14.5. The molecule has 2 aliphatic rings. The zero-order chi connectivity index (χ0) is 22.9. The lowest BCUT2D eigenvalue weighted by molar-refractivity contribution is 0.0696. The predicted molar refractivity (Wildman–Crippen MR) is 123 cm³/mol. The van der Waals surface area contributed by atoms with Crippen LogP contribution in [0.15, 0.2) is 38.2 Å². The number of nitrogens with zero attached hydrogens (tertiary/aromatic N) is 2. The van der Waals surface area contributed by atoms with Gasteiger partial charge in [-0.25, -0.2) is 18.0 Å². The van der Waals surface area contributed by atoms with E-state index in [2.05, 4.69) is 23.6 Å². The number of sulfonamides is 1. The summed E-state index contributed by atoms with van der Waals surface area (Å²) in [6.07, 6.45) is 0.970. The minimum atomic E-state index is -4.15. The average molecular weight is 482 g/mol. The first-order valence-corrected chi connectivity index (χ1v) is 12.8. The maximum atomic E-state index is 12.9. The molecule has 0 radical (unpaired) electrons. The molecule has 2 heterocycles. The van der Waals surface area contributed by atoms with E-state index in [1.54, 1.807) is 18.7 Å². The molecule has 166 valence electrons. The second-order valence-corrected chi connectivity index (χ2v) is 11.7. The van der Waals surface area contributed by atoms with E-state index in [9.17, 15) is 18.0 Å². The van der Waals surface area contributed by atoms with Crippen molar-refractivity contribution in [2.45, 2.75) is 43.2 Å². The Morgan fingerprint density at radius 1 is 1.32 bits per heavy atom. The molecular formula is C20H23N3O5S3. The maximum Gasteiger partial charge on any atom is 0.354 e. The molecular weight excluding hydrogens is 458 g/mol. The van der Waals surface area contributed by atoms with Crippen molar-refractivity contribution < 1.29 is 18.3 Å². The van der Waals surface area contributed by atoms with Gasteiger partial charge in [0.25, 0.3) is 10.0 Å². The van der Waals surface area contributed by atoms with E-state index in [-0.39, 0.29) is 16.3 Å². The third-order valence-corrected chi connectivity index (χ3v) is 8.50. The monoisotopic (exact) mass is 481 g/mol. The third-order valence-electron chi connectivity index (χ3n) is 4.68. The van der Waals surface area contributed by atoms with Crippen molar-refractivity contribution >= 4 is 44.9 Å². The summed E-state index contributed by atoms with van der Waals surface area (Å²) in [5.74, 6) is 0.0400. The number of aromatic nitrogens is 2. The van der Waals surface area contributed by atoms with Crippen molar-refractivity contribution in [3.05, 3.63) is 50.9 Å². The number of fused-ring (bicyclic) bond motifs is 1. The fourth-order valence-electron chi connectivity index (χ4n) is 2.86. The molecule has 0 bridgehead atoms. The summed E-state index contributed by atoms with van der Waals surface area (Å²) in [6.45, 7) is 7.95. The number of benzene rings is 1. The van der Waals surface area contributed by atoms with Gasteiger partial charge < -0.3 is 5.11 Å². The molecule has 0 saturated heterocycles. The first kappa shape index (κ1) is 23.3. The summed E-state index contributed by atoms with van der Waals surface area (Å²) in [4.78, 5) is 28.5. The Hall–Kier alpha value is -2.37. The number of imidazole rings is 1. The van der Waals surface area contributed by atoms with E-state index in [1.165, 1.54) is 34.1 Å². The van der Waals surface area contributed by atoms with Crippen LogP contribution in [0, 0.1) is 19.8 Å². The van der Waals surface area contributed by atoms with E-state index < -0.39 is 21.7 Å². The van der Waals surface area contributed by atoms with Gasteiger partial charge in [-0.15, -0.1) is 23.1 Å². The molecule has 0 saturated carbocycles. The number of aryl methyl sites for hydroxylation is 1. The van der Waals surface area contributed by atoms with Gasteiger partial charge in [0.05, 0.1) is 14.7 Å². The molecule has 0 aliphatic carbocycles. The highest BCUT2D eigenvalue weighted by Crippen LogP contribution is 2.39. The van der Waals surface area contributed by atoms with Crippen molar-refractivity contribution in [3.8, 4) is 5.69 Å². The summed E-state index contributed by atoms with van der Waals surface area (Å²) in [7, 11) is -4.15. The second kappa shape index (κ2) is 9.01. The highest BCUT2D eigenvalue weighted by Gasteiger charge is 2.27. The Morgan fingerprint density at radius 3 is 2.68 bits per heavy atom. The Morgan fingerprint density at radius 2 is 2.03 bits per heavy atom. The van der Waals surface area contributed by atoms with E-state index >= 15 is 0 Å². The fourth-order valence-corrected chi connectivity index (χ4v) is 6.67. The van der Waals surface area contributed by atoms with Gasteiger partial charge in [-0.3, -0.25) is 9.29 Å². The zero-order valence-electron chi connectivity index (χ0n) is 17.5. The predicted octanol–water partition coefficient (Wildman–Crippen LogP) is 3.99. The molecule has 11 heteroatoms. The molecule has 0 unspecified atom stereocenters. The molecule has 3 rings (SSSR count). The van der Waals surface area contributed by atoms with Gasteiger partial charge in [-0.1, -0.05) is 19.9 Å². The Labute approximate surface area is 188 Å². The number of carboxylic acids is 1. The van der Waals surface area contributed by atoms with Crippen LogP contribution in [0.5, 0.6) is 0 Å². The fraction of sp³-hybridized carbons (Fsp3) is 0.350. The number of nitrogens with one attached hydrogen (secondary N) is 1. The lowest BCUT2D eigenvalue weighted by Gasteiger charge is -2.16. The standard InChI is InChI=1S/C20H23N3O5S3/c1-11(2)8-9-29-19-16-17(21-20(26)23(16)12(3)13(4)30-19)22-31(27,28)15-7-5-6-14(10-15)18(24)25/h5-7,10-11H,8-9H2,1-4H3,(H,24,25)(H,21,22,26). The van der Waals surface area contributed by atoms with Gasteiger partial charge >= 0.3 is 11.7 Å². The van der Waals surface area contributed by atoms with Crippen molar-refractivity contribution in [2.75, 3.05) is 10.5 Å². The quantitative estimate of drug-likeness (QED) is 0.467. The molecule has 0 fully saturated rings. The largest absolute Gasteiger partial charge is 0.478 e. The van der Waals surface area contributed by atoms with E-state index in [4.69, 9.17) is 5.11 Å². The van der Waals surface area contributed by atoms with Gasteiger partial charge in [0.15, 0.2) is 5.82 Å². The molecule has 31 heavy (non-hydrogen) atoms. The smallest absolute Gasteiger partial charge is 0.354 e. The summed E-state index contributed by atoms with van der Waals surface area (Å²) >= 11 is 3.05. The number of thioether (sulfide) groups is 1. The maximum absolute atomic E-state index is 12.9. The average Bonchev–Trinajstić information content (AvgIpc) is 3.01. The Kier molecular flexibility index (Phi) is 6.77. The topological polar surface area (TPSA) is 118 Å². The highest BCUT2D eigenvalue weighted by molar-refractivity contribution is 8.01. The minimum Gasteiger partial charge on any atom is -0.478 e. The van der Waals surface area contributed by atoms with Crippen LogP contribution in [0.4, 0.5) is 5.82 Å². The summed E-state index contributed by atoms with van der Waals surface area (Å²) < 4.78 is 30.5. The molecule has 1 aromatic rings. The highest BCUT2D eigenvalue weighted by atomic mass is 32.2. The lowest BCUT2D eigenvalue weighted by atomic mass is 10.2. The Bertz CT molecular complexity index is 1260. The summed E-state index contributed by atoms with van der Waals surface area (Å²) in [5, 5.41) is 9.15. The molecule has 2 aliphatic heterocycles. The van der Waals surface area contributed by atoms with E-state index in [0.717, 1.165) is 27.3 Å². The Balaban J connectivity index is 2.07. The third kappa shape index (κ3) is 4.94. The van der Waals surface area contributed by atoms with Crippen molar-refractivity contribution in [3.63, 3.8) is 0 Å². The second-order valence-electron chi connectivity index (χ2n) is 7.43. The number of hydrogen-bond acceptors (Lipinski definition) is 7. The van der Waals surface area contributed by atoms with Crippen molar-refractivity contribution in [1.29, 1.82) is 0 Å². The van der Waals surface area contributed by atoms with Crippen molar-refractivity contribution in [2.24, 2.45) is 5.92 Å². The van der Waals surface area contributed by atoms with Crippen LogP contribution in [0.2, 0.25) is 0 Å². The zero-order valence-corrected chi connectivity index (χ0v) is 19.9. The van der Waals surface area contributed by atoms with Crippen LogP contribution in [-0.4, -0.2) is 34.8 Å². The van der Waals surface area contributed by atoms with Gasteiger partial charge in [0.2, 0.25) is 0 Å². The molecule has 1 aromatic carbocycles. The number of carbonyl (C=O) groups is 1. The molecule has 2 N–H and O–H groups in total. The molecule has 0 atom stereocenters. The number of aromatic carboxylic acids is 1. The molecule has 8 nitrogen and oxygen atoms in total. The normalized spacial score (nSPS) is 11.9. The molecule has 0 spiro atoms. The number of hydrogen-bond donors (Lipinski definition) is 2. The van der Waals surface area contributed by atoms with Crippen LogP contribution in [0.3, 0.4) is 0 Å². The minimum absolute atomic E-state index is 0.0582. The summed E-state index contributed by atoms with van der Waals surface area (Å²) in [5.41, 5.74) is 0.403. The first-order valence-electron chi connectivity index (χ1n) is 9.53. The van der Waals surface area contributed by atoms with Crippen LogP contribution < -0.4 is 10.4 Å². The SMILES string of the molecule is Cc1sc(SCCC(C)C)c2c(NS(=O)(=O)c3cccc(C(=O)O)c3)nc(=O)n-2c1C. The number of carboxylic acid groups (broad SMARTS) is 1. The number of anilines is 1. The van der Waals surface area contributed by atoms with E-state index in [1.807, 2.05) is 6.92 Å². The van der Waals surface area contributed by atoms with Gasteiger partial charge in [-0.05, 0) is 50.1 Å². The number of rotatable bonds is 8. The van der Waals surface area contributed by atoms with Gasteiger partial charge in [0.1, 0.15) is 5.69 Å². The van der Waals surface area contributed by atoms with E-state index in [0.29, 0.717) is 17.3 Å². The van der Waals surface area contributed by atoms with Gasteiger partial charge in [0, 0.05) is 10.6 Å². The van der Waals surface area contributed by atoms with Gasteiger partial charge in [-0.2, -0.15) is 4.98 Å². The van der Waals surface area contributed by atoms with Crippen LogP contribution in [0.25, 0.3) is 5.69 Å². The van der Waals surface area contributed by atoms with Crippen LogP contribution >= 0.6 is 23.1 Å². The van der Waals surface area contributed by atoms with Crippen molar-refractivity contribution in [1.82, 2.24) is 9.55 Å². The summed E-state index contributed by atoms with van der Waals surface area (Å²) in [6, 6.07) is 5.02. The van der Waals surface area contributed by atoms with Crippen LogP contribution in [0.1, 0.15) is 41.2 Å². The lowest BCUT2D eigenvalue weighted by Crippen LogP contribution is -2.17. The molecule has 0 amide bonds. The molecule has 0 aromatic heterocycles. The van der Waals surface area contributed by atoms with Crippen LogP contribution in [-0.2, 0) is 10.0 Å².